The van der Waals surface area contributed by atoms with Crippen LogP contribution in [0.1, 0.15) is 15.9 Å². The van der Waals surface area contributed by atoms with E-state index in [4.69, 9.17) is 4.84 Å². The van der Waals surface area contributed by atoms with Crippen molar-refractivity contribution in [1.82, 2.24) is 0 Å². The Morgan fingerprint density at radius 3 is 2.29 bits per heavy atom. The number of carbonyl (C=O) groups excluding carboxylic acids is 2. The highest BCUT2D eigenvalue weighted by Crippen LogP contribution is 2.18. The molecule has 0 fully saturated rings. The van der Waals surface area contributed by atoms with Crippen molar-refractivity contribution in [2.24, 2.45) is 10.2 Å². The molecule has 3 aromatic rings. The normalized spacial score (nSPS) is 10.6. The lowest BCUT2D eigenvalue weighted by molar-refractivity contribution is -0.117. The van der Waals surface area contributed by atoms with Crippen LogP contribution in [0.25, 0.3) is 0 Å². The summed E-state index contributed by atoms with van der Waals surface area (Å²) in [6.45, 7) is 0. The molecule has 0 heterocycles. The molecule has 0 aliphatic heterocycles. The number of benzene rings is 3. The largest absolute Gasteiger partial charge is 0.363 e. The Balaban J connectivity index is 1.52. The summed E-state index contributed by atoms with van der Waals surface area (Å²) in [4.78, 5) is 29.0. The van der Waals surface area contributed by atoms with Gasteiger partial charge in [0.25, 0.3) is 5.91 Å². The lowest BCUT2D eigenvalue weighted by atomic mass is 10.1. The first-order valence-electron chi connectivity index (χ1n) is 8.42. The molecule has 6 nitrogen and oxygen atoms in total. The molecule has 0 bridgehead atoms. The molecule has 0 spiro atoms. The molecule has 0 aliphatic rings. The van der Waals surface area contributed by atoms with Crippen LogP contribution in [0.3, 0.4) is 0 Å². The number of anilines is 1. The van der Waals surface area contributed by atoms with Crippen LogP contribution in [0.4, 0.5) is 11.4 Å². The number of halogens is 1. The van der Waals surface area contributed by atoms with Gasteiger partial charge in [0.1, 0.15) is 0 Å². The van der Waals surface area contributed by atoms with Crippen LogP contribution in [0, 0.1) is 3.57 Å². The second-order valence-electron chi connectivity index (χ2n) is 5.77. The van der Waals surface area contributed by atoms with Gasteiger partial charge in [-0.05, 0) is 64.6 Å². The molecule has 3 rings (SSSR count). The van der Waals surface area contributed by atoms with Gasteiger partial charge in [-0.1, -0.05) is 42.5 Å². The number of hydrogen-bond acceptors (Lipinski definition) is 5. The Hall–Kier alpha value is -3.07. The van der Waals surface area contributed by atoms with Gasteiger partial charge in [-0.2, -0.15) is 0 Å². The van der Waals surface area contributed by atoms with E-state index in [1.807, 2.05) is 42.5 Å². The smallest absolute Gasteiger partial charge is 0.338 e. The first kappa shape index (κ1) is 19.7. The Morgan fingerprint density at radius 1 is 0.893 bits per heavy atom. The Morgan fingerprint density at radius 2 is 1.57 bits per heavy atom. The summed E-state index contributed by atoms with van der Waals surface area (Å²) >= 11 is 2.08. The minimum atomic E-state index is -0.472. The van der Waals surface area contributed by atoms with Gasteiger partial charge in [0.05, 0.1) is 23.4 Å². The first-order chi connectivity index (χ1) is 13.6. The van der Waals surface area contributed by atoms with Gasteiger partial charge in [0.15, 0.2) is 0 Å². The monoisotopic (exact) mass is 485 g/mol. The third-order valence-electron chi connectivity index (χ3n) is 3.70. The highest BCUT2D eigenvalue weighted by Gasteiger charge is 2.11. The fraction of sp³-hybridized carbons (Fsp3) is 0.0476. The van der Waals surface area contributed by atoms with E-state index in [-0.39, 0.29) is 12.3 Å². The molecule has 140 valence electrons. The number of amides is 1. The van der Waals surface area contributed by atoms with Crippen LogP contribution in [0.2, 0.25) is 0 Å². The van der Waals surface area contributed by atoms with Gasteiger partial charge in [-0.15, -0.1) is 10.2 Å². The summed E-state index contributed by atoms with van der Waals surface area (Å²) in [7, 11) is 0. The molecule has 0 unspecified atom stereocenters. The van der Waals surface area contributed by atoms with Crippen LogP contribution in [0.5, 0.6) is 0 Å². The summed E-state index contributed by atoms with van der Waals surface area (Å²) in [6, 6.07) is 23.2. The second-order valence-corrected chi connectivity index (χ2v) is 6.94. The first-order valence-corrected chi connectivity index (χ1v) is 9.50. The summed E-state index contributed by atoms with van der Waals surface area (Å²) in [5.41, 5.74) is 5.08. The number of nitrogens with zero attached hydrogens (tertiary/aromatic N) is 2. The lowest BCUT2D eigenvalue weighted by Crippen LogP contribution is -2.11. The molecule has 0 aliphatic carbocycles. The molecule has 1 N–H and O–H groups in total. The molecule has 7 heteroatoms. The van der Waals surface area contributed by atoms with Crippen LogP contribution in [-0.4, -0.2) is 11.9 Å². The topological polar surface area (TPSA) is 80.1 Å². The van der Waals surface area contributed by atoms with Crippen LogP contribution >= 0.6 is 22.6 Å². The standard InChI is InChI=1S/C21H16IN3O3/c22-19-9-5-4-8-18(19)21(27)28-25-17-12-10-16(11-13-17)23-24-20(26)14-15-6-2-1-3-7-15/h1-13,25H,14H2. The number of hydrogen-bond donors (Lipinski definition) is 1. The Labute approximate surface area is 175 Å². The van der Waals surface area contributed by atoms with Crippen molar-refractivity contribution in [3.63, 3.8) is 0 Å². The van der Waals surface area contributed by atoms with E-state index in [0.717, 1.165) is 9.13 Å². The number of azo groups is 1. The minimum Gasteiger partial charge on any atom is -0.338 e. The molecular weight excluding hydrogens is 469 g/mol. The van der Waals surface area contributed by atoms with E-state index in [0.29, 0.717) is 16.9 Å². The molecule has 1 amide bonds. The fourth-order valence-electron chi connectivity index (χ4n) is 2.30. The van der Waals surface area contributed by atoms with E-state index in [2.05, 4.69) is 38.3 Å². The van der Waals surface area contributed by atoms with E-state index in [1.165, 1.54) is 0 Å². The van der Waals surface area contributed by atoms with Crippen molar-refractivity contribution < 1.29 is 14.4 Å². The highest BCUT2D eigenvalue weighted by molar-refractivity contribution is 14.1. The molecule has 0 atom stereocenters. The van der Waals surface area contributed by atoms with Crippen molar-refractivity contribution in [2.45, 2.75) is 6.42 Å². The lowest BCUT2D eigenvalue weighted by Gasteiger charge is -2.07. The molecule has 28 heavy (non-hydrogen) atoms. The molecule has 3 aromatic carbocycles. The van der Waals surface area contributed by atoms with Crippen LogP contribution < -0.4 is 5.48 Å². The number of nitrogens with one attached hydrogen (secondary N) is 1. The molecule has 0 aromatic heterocycles. The van der Waals surface area contributed by atoms with E-state index >= 15 is 0 Å². The highest BCUT2D eigenvalue weighted by atomic mass is 127. The zero-order chi connectivity index (χ0) is 19.8. The van der Waals surface area contributed by atoms with Gasteiger partial charge in [0, 0.05) is 3.57 Å². The maximum Gasteiger partial charge on any atom is 0.363 e. The SMILES string of the molecule is O=C(Cc1ccccc1)N=Nc1ccc(NOC(=O)c2ccccc2I)cc1. The Kier molecular flexibility index (Phi) is 6.85. The van der Waals surface area contributed by atoms with Gasteiger partial charge in [0.2, 0.25) is 0 Å². The molecule has 0 saturated carbocycles. The van der Waals surface area contributed by atoms with Crippen LogP contribution in [-0.2, 0) is 16.1 Å². The van der Waals surface area contributed by atoms with Crippen molar-refractivity contribution in [3.8, 4) is 0 Å². The van der Waals surface area contributed by atoms with Crippen molar-refractivity contribution >= 4 is 45.8 Å². The number of rotatable bonds is 6. The van der Waals surface area contributed by atoms with E-state index < -0.39 is 5.97 Å². The average Bonchev–Trinajstić information content (AvgIpc) is 2.72. The van der Waals surface area contributed by atoms with Gasteiger partial charge in [-0.25, -0.2) is 10.3 Å². The average molecular weight is 485 g/mol. The summed E-state index contributed by atoms with van der Waals surface area (Å²) < 4.78 is 0.808. The molecule has 0 saturated heterocycles. The summed E-state index contributed by atoms with van der Waals surface area (Å²) in [5.74, 6) is -0.792. The quantitative estimate of drug-likeness (QED) is 0.291. The fourth-order valence-corrected chi connectivity index (χ4v) is 2.91. The zero-order valence-corrected chi connectivity index (χ0v) is 16.9. The predicted molar refractivity (Wildman–Crippen MR) is 114 cm³/mol. The van der Waals surface area contributed by atoms with Crippen molar-refractivity contribution in [2.75, 3.05) is 5.48 Å². The van der Waals surface area contributed by atoms with Crippen molar-refractivity contribution in [3.05, 3.63) is 93.6 Å². The van der Waals surface area contributed by atoms with Crippen molar-refractivity contribution in [1.29, 1.82) is 0 Å². The molecular formula is C21H16IN3O3. The van der Waals surface area contributed by atoms with Gasteiger partial charge in [-0.3, -0.25) is 4.79 Å². The maximum absolute atomic E-state index is 12.1. The van der Waals surface area contributed by atoms with Gasteiger partial charge < -0.3 is 4.84 Å². The minimum absolute atomic E-state index is 0.207. The van der Waals surface area contributed by atoms with Crippen LogP contribution in [0.15, 0.2) is 89.1 Å². The maximum atomic E-state index is 12.1. The Bertz CT molecular complexity index is 989. The molecule has 0 radical (unpaired) electrons. The summed E-state index contributed by atoms with van der Waals surface area (Å²) in [5, 5.41) is 7.66. The predicted octanol–water partition coefficient (Wildman–Crippen LogP) is 5.33. The van der Waals surface area contributed by atoms with Gasteiger partial charge >= 0.3 is 5.97 Å². The second kappa shape index (κ2) is 9.75. The zero-order valence-electron chi connectivity index (χ0n) is 14.7. The van der Waals surface area contributed by atoms with E-state index in [9.17, 15) is 9.59 Å². The third kappa shape index (κ3) is 5.71. The van der Waals surface area contributed by atoms with E-state index in [1.54, 1.807) is 36.4 Å². The summed E-state index contributed by atoms with van der Waals surface area (Å²) in [6.07, 6.45) is 0.207. The number of carbonyl (C=O) groups is 2. The third-order valence-corrected chi connectivity index (χ3v) is 4.64.